The van der Waals surface area contributed by atoms with Crippen LogP contribution in [0.2, 0.25) is 0 Å². The molecule has 2 rings (SSSR count). The summed E-state index contributed by atoms with van der Waals surface area (Å²) in [6, 6.07) is 5.78. The maximum atomic E-state index is 5.81. The van der Waals surface area contributed by atoms with Gasteiger partial charge < -0.3 is 15.2 Å². The highest BCUT2D eigenvalue weighted by Gasteiger charge is 2.15. The Bertz CT molecular complexity index is 571. The van der Waals surface area contributed by atoms with Crippen molar-refractivity contribution in [2.45, 2.75) is 26.3 Å². The maximum Gasteiger partial charge on any atom is 0.124 e. The molecule has 0 aliphatic rings. The van der Waals surface area contributed by atoms with Gasteiger partial charge in [0.2, 0.25) is 0 Å². The summed E-state index contributed by atoms with van der Waals surface area (Å²) < 4.78 is 10.6. The first kappa shape index (κ1) is 14.8. The van der Waals surface area contributed by atoms with Gasteiger partial charge in [0.25, 0.3) is 0 Å². The largest absolute Gasteiger partial charge is 0.497 e. The summed E-state index contributed by atoms with van der Waals surface area (Å²) in [4.78, 5) is 5.86. The van der Waals surface area contributed by atoms with Gasteiger partial charge in [-0.3, -0.25) is 0 Å². The third kappa shape index (κ3) is 2.94. The summed E-state index contributed by atoms with van der Waals surface area (Å²) in [5.74, 6) is 1.89. The van der Waals surface area contributed by atoms with Crippen LogP contribution in [0.1, 0.15) is 30.3 Å². The molecule has 0 atom stereocenters. The van der Waals surface area contributed by atoms with Gasteiger partial charge in [0.1, 0.15) is 16.5 Å². The first-order chi connectivity index (χ1) is 9.58. The molecule has 2 N–H and O–H groups in total. The molecule has 20 heavy (non-hydrogen) atoms. The highest BCUT2D eigenvalue weighted by Crippen LogP contribution is 2.35. The maximum absolute atomic E-state index is 5.81. The molecule has 0 saturated carbocycles. The minimum absolute atomic E-state index is 0.367. The molecule has 1 heterocycles. The van der Waals surface area contributed by atoms with Crippen molar-refractivity contribution in [1.29, 1.82) is 0 Å². The zero-order chi connectivity index (χ0) is 14.7. The van der Waals surface area contributed by atoms with E-state index in [1.165, 1.54) is 0 Å². The lowest BCUT2D eigenvalue weighted by molar-refractivity contribution is 0.394. The number of thiazole rings is 1. The van der Waals surface area contributed by atoms with Crippen molar-refractivity contribution in [1.82, 2.24) is 4.98 Å². The molecule has 0 spiro atoms. The average Bonchev–Trinajstić information content (AvgIpc) is 2.91. The van der Waals surface area contributed by atoms with E-state index in [0.717, 1.165) is 32.6 Å². The standard InChI is InChI=1S/C15H20N2O2S/c1-9(2)14-13(8-16)20-15(17-14)10-5-11(18-3)7-12(6-10)19-4/h5-7,9H,8,16H2,1-4H3. The monoisotopic (exact) mass is 292 g/mol. The lowest BCUT2D eigenvalue weighted by Gasteiger charge is -2.06. The second kappa shape index (κ2) is 6.24. The van der Waals surface area contributed by atoms with E-state index in [4.69, 9.17) is 20.2 Å². The summed E-state index contributed by atoms with van der Waals surface area (Å²) in [5.41, 5.74) is 7.88. The van der Waals surface area contributed by atoms with E-state index in [9.17, 15) is 0 Å². The predicted molar refractivity (Wildman–Crippen MR) is 82.6 cm³/mol. The zero-order valence-corrected chi connectivity index (χ0v) is 13.1. The van der Waals surface area contributed by atoms with Crippen molar-refractivity contribution >= 4 is 11.3 Å². The minimum Gasteiger partial charge on any atom is -0.497 e. The molecule has 1 aromatic carbocycles. The van der Waals surface area contributed by atoms with Gasteiger partial charge in [-0.25, -0.2) is 4.98 Å². The van der Waals surface area contributed by atoms with Crippen molar-refractivity contribution in [3.05, 3.63) is 28.8 Å². The van der Waals surface area contributed by atoms with Crippen molar-refractivity contribution in [2.24, 2.45) is 5.73 Å². The average molecular weight is 292 g/mol. The molecule has 0 radical (unpaired) electrons. The fraction of sp³-hybridized carbons (Fsp3) is 0.400. The first-order valence-electron chi connectivity index (χ1n) is 6.52. The van der Waals surface area contributed by atoms with E-state index in [1.54, 1.807) is 25.6 Å². The Hall–Kier alpha value is -1.59. The lowest BCUT2D eigenvalue weighted by atomic mass is 10.1. The molecule has 5 heteroatoms. The normalized spacial score (nSPS) is 10.9. The molecular formula is C15H20N2O2S. The van der Waals surface area contributed by atoms with Crippen molar-refractivity contribution in [3.8, 4) is 22.1 Å². The van der Waals surface area contributed by atoms with Gasteiger partial charge in [0.05, 0.1) is 19.9 Å². The van der Waals surface area contributed by atoms with Crippen molar-refractivity contribution in [3.63, 3.8) is 0 Å². The molecule has 0 aliphatic carbocycles. The smallest absolute Gasteiger partial charge is 0.124 e. The van der Waals surface area contributed by atoms with Crippen LogP contribution in [0.25, 0.3) is 10.6 Å². The fourth-order valence-electron chi connectivity index (χ4n) is 2.02. The molecule has 0 saturated heterocycles. The number of aromatic nitrogens is 1. The van der Waals surface area contributed by atoms with Gasteiger partial charge in [-0.2, -0.15) is 0 Å². The van der Waals surface area contributed by atoms with Crippen LogP contribution in [0.5, 0.6) is 11.5 Å². The number of hydrogen-bond acceptors (Lipinski definition) is 5. The van der Waals surface area contributed by atoms with Crippen LogP contribution in [0.4, 0.5) is 0 Å². The second-order valence-corrected chi connectivity index (χ2v) is 5.87. The van der Waals surface area contributed by atoms with Crippen LogP contribution in [0, 0.1) is 0 Å². The highest BCUT2D eigenvalue weighted by atomic mass is 32.1. The Kier molecular flexibility index (Phi) is 4.62. The van der Waals surface area contributed by atoms with E-state index in [2.05, 4.69) is 13.8 Å². The first-order valence-corrected chi connectivity index (χ1v) is 7.33. The van der Waals surface area contributed by atoms with Crippen LogP contribution >= 0.6 is 11.3 Å². The number of ether oxygens (including phenoxy) is 2. The SMILES string of the molecule is COc1cc(OC)cc(-c2nc(C(C)C)c(CN)s2)c1. The molecule has 0 unspecified atom stereocenters. The summed E-state index contributed by atoms with van der Waals surface area (Å²) in [6.45, 7) is 4.78. The van der Waals surface area contributed by atoms with E-state index in [0.29, 0.717) is 12.5 Å². The quantitative estimate of drug-likeness (QED) is 0.917. The number of benzene rings is 1. The van der Waals surface area contributed by atoms with Gasteiger partial charge in [-0.1, -0.05) is 13.8 Å². The lowest BCUT2D eigenvalue weighted by Crippen LogP contribution is -1.99. The third-order valence-electron chi connectivity index (χ3n) is 3.06. The van der Waals surface area contributed by atoms with Gasteiger partial charge >= 0.3 is 0 Å². The minimum atomic E-state index is 0.367. The Morgan fingerprint density at radius 2 is 1.75 bits per heavy atom. The third-order valence-corrected chi connectivity index (χ3v) is 4.20. The Balaban J connectivity index is 2.50. The van der Waals surface area contributed by atoms with Crippen LogP contribution in [-0.2, 0) is 6.54 Å². The van der Waals surface area contributed by atoms with Crippen LogP contribution in [0.15, 0.2) is 18.2 Å². The van der Waals surface area contributed by atoms with Crippen LogP contribution in [0.3, 0.4) is 0 Å². The van der Waals surface area contributed by atoms with E-state index in [1.807, 2.05) is 18.2 Å². The molecule has 0 amide bonds. The van der Waals surface area contributed by atoms with Gasteiger partial charge in [0.15, 0.2) is 0 Å². The molecular weight excluding hydrogens is 272 g/mol. The fourth-order valence-corrected chi connectivity index (χ4v) is 3.10. The van der Waals surface area contributed by atoms with Crippen LogP contribution in [-0.4, -0.2) is 19.2 Å². The molecule has 0 aliphatic heterocycles. The molecule has 1 aromatic heterocycles. The summed E-state index contributed by atoms with van der Waals surface area (Å²) in [6.07, 6.45) is 0. The van der Waals surface area contributed by atoms with E-state index in [-0.39, 0.29) is 0 Å². The second-order valence-electron chi connectivity index (χ2n) is 4.79. The van der Waals surface area contributed by atoms with Crippen molar-refractivity contribution in [2.75, 3.05) is 14.2 Å². The Morgan fingerprint density at radius 1 is 1.15 bits per heavy atom. The van der Waals surface area contributed by atoms with Crippen LogP contribution < -0.4 is 15.2 Å². The molecule has 108 valence electrons. The predicted octanol–water partition coefficient (Wildman–Crippen LogP) is 3.41. The van der Waals surface area contributed by atoms with Crippen molar-refractivity contribution < 1.29 is 9.47 Å². The Morgan fingerprint density at radius 3 is 2.15 bits per heavy atom. The highest BCUT2D eigenvalue weighted by molar-refractivity contribution is 7.15. The molecule has 4 nitrogen and oxygen atoms in total. The molecule has 2 aromatic rings. The number of nitrogens with zero attached hydrogens (tertiary/aromatic N) is 1. The van der Waals surface area contributed by atoms with E-state index < -0.39 is 0 Å². The molecule has 0 fully saturated rings. The summed E-state index contributed by atoms with van der Waals surface area (Å²) in [7, 11) is 3.29. The number of rotatable bonds is 5. The topological polar surface area (TPSA) is 57.4 Å². The van der Waals surface area contributed by atoms with Gasteiger partial charge in [-0.15, -0.1) is 11.3 Å². The molecule has 0 bridgehead atoms. The zero-order valence-electron chi connectivity index (χ0n) is 12.3. The summed E-state index contributed by atoms with van der Waals surface area (Å²) in [5, 5.41) is 0.950. The van der Waals surface area contributed by atoms with Gasteiger partial charge in [-0.05, 0) is 18.1 Å². The number of hydrogen-bond donors (Lipinski definition) is 1. The summed E-state index contributed by atoms with van der Waals surface area (Å²) >= 11 is 1.63. The van der Waals surface area contributed by atoms with E-state index >= 15 is 0 Å². The Labute approximate surface area is 123 Å². The number of nitrogens with two attached hydrogens (primary N) is 1. The van der Waals surface area contributed by atoms with Gasteiger partial charge in [0, 0.05) is 23.1 Å². The number of methoxy groups -OCH3 is 2.